The molecule has 1 aromatic rings. The van der Waals surface area contributed by atoms with Crippen molar-refractivity contribution in [2.75, 3.05) is 20.5 Å². The standard InChI is InChI=1S/C10H13NO4S/c1-11-16(4,12,13)10-6-5-8(14-2)7-9(10)15-3/h1,5-7H,2-4H3. The molecule has 0 unspecified atom stereocenters. The number of benzene rings is 1. The van der Waals surface area contributed by atoms with E-state index in [-0.39, 0.29) is 10.6 Å². The minimum absolute atomic E-state index is 0.0807. The molecule has 0 heterocycles. The molecule has 0 amide bonds. The zero-order chi connectivity index (χ0) is 12.4. The average molecular weight is 243 g/mol. The second-order valence-corrected chi connectivity index (χ2v) is 6.36. The van der Waals surface area contributed by atoms with Gasteiger partial charge in [-0.25, -0.2) is 0 Å². The van der Waals surface area contributed by atoms with Crippen LogP contribution in [0.2, 0.25) is 0 Å². The number of rotatable bonds is 3. The highest BCUT2D eigenvalue weighted by Gasteiger charge is 2.27. The molecular weight excluding hydrogens is 230 g/mol. The molecule has 1 rings (SSSR count). The summed E-state index contributed by atoms with van der Waals surface area (Å²) >= 11 is 0. The van der Waals surface area contributed by atoms with E-state index in [2.05, 4.69) is 4.25 Å². The van der Waals surface area contributed by atoms with E-state index in [1.165, 1.54) is 32.4 Å². The number of nitrogens with zero attached hydrogens (tertiary/aromatic N) is 1. The maximum absolute atomic E-state index is 12.0. The van der Waals surface area contributed by atoms with Crippen molar-refractivity contribution in [3.63, 3.8) is 0 Å². The molecule has 1 aromatic carbocycles. The summed E-state index contributed by atoms with van der Waals surface area (Å²) in [5, 5.41) is 0. The van der Waals surface area contributed by atoms with Crippen molar-refractivity contribution in [2.24, 2.45) is 0 Å². The summed E-state index contributed by atoms with van der Waals surface area (Å²) in [4.78, 5) is -0.0807. The lowest BCUT2D eigenvalue weighted by molar-refractivity contribution is 0.383. The second kappa shape index (κ2) is 3.77. The molecule has 16 heavy (non-hydrogen) atoms. The first-order chi connectivity index (χ1) is 7.32. The van der Waals surface area contributed by atoms with Gasteiger partial charge in [0.1, 0.15) is 16.4 Å². The number of hydrogen-bond donors (Lipinski definition) is 0. The largest absolute Gasteiger partial charge is 0.706 e. The van der Waals surface area contributed by atoms with Gasteiger partial charge < -0.3 is 14.0 Å². The van der Waals surface area contributed by atoms with Crippen molar-refractivity contribution in [3.8, 4) is 18.1 Å². The van der Waals surface area contributed by atoms with Crippen LogP contribution in [0.25, 0.3) is 4.25 Å². The second-order valence-electron chi connectivity index (χ2n) is 3.32. The molecule has 88 valence electrons. The zero-order valence-electron chi connectivity index (χ0n) is 9.30. The quantitative estimate of drug-likeness (QED) is 0.807. The third-order valence-electron chi connectivity index (χ3n) is 2.11. The third-order valence-corrected chi connectivity index (χ3v) is 3.93. The molecule has 5 nitrogen and oxygen atoms in total. The van der Waals surface area contributed by atoms with Crippen molar-refractivity contribution in [2.45, 2.75) is 4.90 Å². The Labute approximate surface area is 94.2 Å². The number of sulfonamides is 2. The van der Waals surface area contributed by atoms with Crippen molar-refractivity contribution in [1.29, 1.82) is 0 Å². The number of methoxy groups -OCH3 is 2. The van der Waals surface area contributed by atoms with E-state index < -0.39 is 9.53 Å². The normalized spacial score (nSPS) is 13.3. The lowest BCUT2D eigenvalue weighted by atomic mass is 10.3. The van der Waals surface area contributed by atoms with Crippen LogP contribution in [0.4, 0.5) is 0 Å². The Morgan fingerprint density at radius 3 is 2.44 bits per heavy atom. The molecule has 0 atom stereocenters. The van der Waals surface area contributed by atoms with Gasteiger partial charge in [0.15, 0.2) is 0 Å². The van der Waals surface area contributed by atoms with Gasteiger partial charge in [-0.2, -0.15) is 4.21 Å². The first kappa shape index (κ1) is 12.5. The minimum atomic E-state index is -4.65. The fraction of sp³-hybridized carbons (Fsp3) is 0.300. The molecule has 0 N–H and O–H groups in total. The van der Waals surface area contributed by atoms with E-state index in [0.29, 0.717) is 5.75 Å². The monoisotopic (exact) mass is 243 g/mol. The predicted octanol–water partition coefficient (Wildman–Crippen LogP) is 1.52. The van der Waals surface area contributed by atoms with Crippen molar-refractivity contribution in [3.05, 3.63) is 22.4 Å². The number of hydrogen-bond acceptors (Lipinski definition) is 4. The SMILES string of the molecule is C#[N+]S(C)(=O)([O-])c1ccc(OC)cc1OC. The van der Waals surface area contributed by atoms with Crippen LogP contribution >= 0.6 is 0 Å². The molecule has 0 spiro atoms. The Balaban J connectivity index is 3.49. The van der Waals surface area contributed by atoms with E-state index in [1.807, 2.05) is 0 Å². The summed E-state index contributed by atoms with van der Waals surface area (Å²) in [7, 11) is -1.81. The Kier molecular flexibility index (Phi) is 2.95. The number of sulfone groups is 1. The predicted molar refractivity (Wildman–Crippen MR) is 61.0 cm³/mol. The molecular formula is C10H13NO4S. The first-order valence-electron chi connectivity index (χ1n) is 4.35. The van der Waals surface area contributed by atoms with Crippen LogP contribution in [0.3, 0.4) is 0 Å². The van der Waals surface area contributed by atoms with Crippen molar-refractivity contribution >= 4 is 9.53 Å². The molecule has 0 aliphatic rings. The fourth-order valence-electron chi connectivity index (χ4n) is 1.21. The van der Waals surface area contributed by atoms with Crippen LogP contribution in [-0.2, 0) is 9.53 Å². The molecule has 6 heteroatoms. The van der Waals surface area contributed by atoms with Gasteiger partial charge in [0.05, 0.1) is 24.7 Å². The van der Waals surface area contributed by atoms with Crippen molar-refractivity contribution in [1.82, 2.24) is 0 Å². The molecule has 0 radical (unpaired) electrons. The van der Waals surface area contributed by atoms with Gasteiger partial charge in [0.2, 0.25) is 0 Å². The van der Waals surface area contributed by atoms with Crippen LogP contribution < -0.4 is 9.47 Å². The van der Waals surface area contributed by atoms with Crippen LogP contribution in [0.1, 0.15) is 0 Å². The summed E-state index contributed by atoms with van der Waals surface area (Å²) in [5.41, 5.74) is 0. The molecule has 0 aliphatic heterocycles. The van der Waals surface area contributed by atoms with E-state index in [9.17, 15) is 8.76 Å². The summed E-state index contributed by atoms with van der Waals surface area (Å²) in [6, 6.07) is 4.30. The lowest BCUT2D eigenvalue weighted by Gasteiger charge is -2.34. The Morgan fingerprint density at radius 2 is 2.00 bits per heavy atom. The summed E-state index contributed by atoms with van der Waals surface area (Å²) in [6.45, 7) is 4.93. The Hall–Kier alpha value is -1.58. The van der Waals surface area contributed by atoms with E-state index in [0.717, 1.165) is 6.26 Å². The van der Waals surface area contributed by atoms with E-state index in [1.54, 1.807) is 0 Å². The highest BCUT2D eigenvalue weighted by Crippen LogP contribution is 2.39. The molecule has 0 aliphatic carbocycles. The fourth-order valence-corrected chi connectivity index (χ4v) is 2.30. The van der Waals surface area contributed by atoms with Crippen LogP contribution in [0, 0.1) is 6.57 Å². The summed E-state index contributed by atoms with van der Waals surface area (Å²) in [6.07, 6.45) is 0.946. The van der Waals surface area contributed by atoms with Gasteiger partial charge >= 0.3 is 0 Å². The van der Waals surface area contributed by atoms with Crippen molar-refractivity contribution < 1.29 is 18.2 Å². The summed E-state index contributed by atoms with van der Waals surface area (Å²) < 4.78 is 36.8. The van der Waals surface area contributed by atoms with Gasteiger partial charge in [0.25, 0.3) is 6.57 Å². The smallest absolute Gasteiger partial charge is 0.298 e. The first-order valence-corrected chi connectivity index (χ1v) is 6.61. The van der Waals surface area contributed by atoms with Gasteiger partial charge in [-0.15, -0.1) is 0 Å². The lowest BCUT2D eigenvalue weighted by Crippen LogP contribution is -2.26. The van der Waals surface area contributed by atoms with Gasteiger partial charge in [-0.1, -0.05) is 0 Å². The van der Waals surface area contributed by atoms with E-state index >= 15 is 0 Å². The topological polar surface area (TPSA) is 63.0 Å². The highest BCUT2D eigenvalue weighted by molar-refractivity contribution is 8.16. The highest BCUT2D eigenvalue weighted by atomic mass is 32.3. The van der Waals surface area contributed by atoms with Gasteiger partial charge in [0, 0.05) is 6.07 Å². The molecule has 0 fully saturated rings. The molecule has 0 saturated heterocycles. The maximum Gasteiger partial charge on any atom is 0.298 e. The Morgan fingerprint density at radius 1 is 1.38 bits per heavy atom. The van der Waals surface area contributed by atoms with E-state index in [4.69, 9.17) is 16.0 Å². The average Bonchev–Trinajstić information content (AvgIpc) is 2.27. The van der Waals surface area contributed by atoms with Gasteiger partial charge in [-0.3, -0.25) is 0 Å². The molecule has 0 saturated carbocycles. The van der Waals surface area contributed by atoms with Gasteiger partial charge in [-0.05, 0) is 21.7 Å². The maximum atomic E-state index is 12.0. The zero-order valence-corrected chi connectivity index (χ0v) is 10.1. The summed E-state index contributed by atoms with van der Waals surface area (Å²) in [5.74, 6) is 0.629. The van der Waals surface area contributed by atoms with Crippen LogP contribution in [0.5, 0.6) is 11.5 Å². The molecule has 0 bridgehead atoms. The third kappa shape index (κ3) is 2.15. The van der Waals surface area contributed by atoms with Crippen LogP contribution in [0.15, 0.2) is 23.1 Å². The molecule has 0 aromatic heterocycles. The number of ether oxygens (including phenoxy) is 2. The van der Waals surface area contributed by atoms with Crippen LogP contribution in [-0.4, -0.2) is 29.2 Å². The Bertz CT molecular complexity index is 512. The minimum Gasteiger partial charge on any atom is -0.706 e.